The molecule has 2 heteroatoms. The Hall–Kier alpha value is -0.0800. The van der Waals surface area contributed by atoms with Gasteiger partial charge in [-0.3, -0.25) is 0 Å². The summed E-state index contributed by atoms with van der Waals surface area (Å²) in [5, 5.41) is 10.8. The summed E-state index contributed by atoms with van der Waals surface area (Å²) >= 11 is 0. The van der Waals surface area contributed by atoms with Gasteiger partial charge in [0.15, 0.2) is 0 Å². The van der Waals surface area contributed by atoms with Crippen LogP contribution < -0.4 is 0 Å². The predicted octanol–water partition coefficient (Wildman–Crippen LogP) is 3.45. The molecule has 0 unspecified atom stereocenters. The SMILES string of the molecule is CCCCCCCN(O)CCCC. The number of unbranched alkanes of at least 4 members (excludes halogenated alkanes) is 5. The maximum absolute atomic E-state index is 9.37. The Morgan fingerprint density at radius 1 is 0.769 bits per heavy atom. The summed E-state index contributed by atoms with van der Waals surface area (Å²) in [6.07, 6.45) is 8.60. The third-order valence-electron chi connectivity index (χ3n) is 2.29. The van der Waals surface area contributed by atoms with Gasteiger partial charge in [-0.1, -0.05) is 46.0 Å². The van der Waals surface area contributed by atoms with Crippen LogP contribution >= 0.6 is 0 Å². The number of hydrogen-bond acceptors (Lipinski definition) is 2. The first-order valence-corrected chi connectivity index (χ1v) is 5.75. The molecule has 0 aliphatic heterocycles. The maximum atomic E-state index is 9.37. The molecule has 80 valence electrons. The lowest BCUT2D eigenvalue weighted by Crippen LogP contribution is -2.21. The van der Waals surface area contributed by atoms with Gasteiger partial charge in [-0.2, -0.15) is 5.06 Å². The molecule has 0 aromatic rings. The van der Waals surface area contributed by atoms with Gasteiger partial charge < -0.3 is 5.21 Å². The smallest absolute Gasteiger partial charge is 0.0238 e. The van der Waals surface area contributed by atoms with E-state index in [0.717, 1.165) is 32.4 Å². The monoisotopic (exact) mass is 187 g/mol. The topological polar surface area (TPSA) is 23.5 Å². The molecular formula is C11H25NO. The molecule has 0 aromatic carbocycles. The fraction of sp³-hybridized carbons (Fsp3) is 1.00. The van der Waals surface area contributed by atoms with Crippen LogP contribution in [0.1, 0.15) is 58.8 Å². The Morgan fingerprint density at radius 2 is 1.31 bits per heavy atom. The zero-order valence-corrected chi connectivity index (χ0v) is 9.26. The van der Waals surface area contributed by atoms with Gasteiger partial charge in [0, 0.05) is 13.1 Å². The van der Waals surface area contributed by atoms with Crippen LogP contribution in [0.4, 0.5) is 0 Å². The van der Waals surface area contributed by atoms with Crippen LogP contribution in [0.5, 0.6) is 0 Å². The minimum Gasteiger partial charge on any atom is -0.314 e. The fourth-order valence-electron chi connectivity index (χ4n) is 1.35. The summed E-state index contributed by atoms with van der Waals surface area (Å²) in [6.45, 7) is 6.06. The van der Waals surface area contributed by atoms with Crippen LogP contribution in [0.25, 0.3) is 0 Å². The summed E-state index contributed by atoms with van der Waals surface area (Å²) in [6, 6.07) is 0. The van der Waals surface area contributed by atoms with Gasteiger partial charge in [0.05, 0.1) is 0 Å². The molecular weight excluding hydrogens is 162 g/mol. The van der Waals surface area contributed by atoms with Crippen LogP contribution in [0.15, 0.2) is 0 Å². The minimum absolute atomic E-state index is 0.838. The van der Waals surface area contributed by atoms with Gasteiger partial charge in [-0.25, -0.2) is 0 Å². The average Bonchev–Trinajstić information content (AvgIpc) is 2.14. The van der Waals surface area contributed by atoms with Gasteiger partial charge in [0.1, 0.15) is 0 Å². The van der Waals surface area contributed by atoms with Gasteiger partial charge in [-0.15, -0.1) is 0 Å². The second-order valence-corrected chi connectivity index (χ2v) is 3.72. The van der Waals surface area contributed by atoms with Gasteiger partial charge >= 0.3 is 0 Å². The lowest BCUT2D eigenvalue weighted by molar-refractivity contribution is -0.0922. The first-order valence-electron chi connectivity index (χ1n) is 5.75. The number of nitrogens with zero attached hydrogens (tertiary/aromatic N) is 1. The van der Waals surface area contributed by atoms with Crippen LogP contribution in [-0.4, -0.2) is 23.4 Å². The quantitative estimate of drug-likeness (QED) is 0.441. The van der Waals surface area contributed by atoms with Crippen LogP contribution in [0.3, 0.4) is 0 Å². The molecule has 13 heavy (non-hydrogen) atoms. The van der Waals surface area contributed by atoms with Crippen LogP contribution in [0.2, 0.25) is 0 Å². The lowest BCUT2D eigenvalue weighted by Gasteiger charge is -2.13. The van der Waals surface area contributed by atoms with Crippen LogP contribution in [-0.2, 0) is 0 Å². The van der Waals surface area contributed by atoms with E-state index in [1.807, 2.05) is 0 Å². The normalized spacial score (nSPS) is 11.1. The molecule has 0 fully saturated rings. The van der Waals surface area contributed by atoms with Crippen LogP contribution in [0, 0.1) is 0 Å². The number of hydroxylamine groups is 2. The summed E-state index contributed by atoms with van der Waals surface area (Å²) in [5.74, 6) is 0. The van der Waals surface area contributed by atoms with E-state index >= 15 is 0 Å². The Bertz CT molecular complexity index is 96.1. The molecule has 0 aliphatic rings. The van der Waals surface area contributed by atoms with Crippen molar-refractivity contribution in [1.82, 2.24) is 5.06 Å². The lowest BCUT2D eigenvalue weighted by atomic mass is 10.1. The number of hydrogen-bond donors (Lipinski definition) is 1. The maximum Gasteiger partial charge on any atom is 0.0238 e. The molecule has 0 heterocycles. The summed E-state index contributed by atoms with van der Waals surface area (Å²) in [4.78, 5) is 0. The molecule has 0 rings (SSSR count). The Morgan fingerprint density at radius 3 is 1.92 bits per heavy atom. The predicted molar refractivity (Wildman–Crippen MR) is 57.0 cm³/mol. The number of rotatable bonds is 9. The van der Waals surface area contributed by atoms with Crippen molar-refractivity contribution in [2.75, 3.05) is 13.1 Å². The third kappa shape index (κ3) is 9.84. The van der Waals surface area contributed by atoms with E-state index in [2.05, 4.69) is 13.8 Å². The highest BCUT2D eigenvalue weighted by Crippen LogP contribution is 2.03. The van der Waals surface area contributed by atoms with Crippen molar-refractivity contribution in [3.05, 3.63) is 0 Å². The molecule has 0 atom stereocenters. The van der Waals surface area contributed by atoms with Crippen molar-refractivity contribution in [2.45, 2.75) is 58.8 Å². The summed E-state index contributed by atoms with van der Waals surface area (Å²) in [7, 11) is 0. The highest BCUT2D eigenvalue weighted by molar-refractivity contribution is 4.48. The van der Waals surface area contributed by atoms with Gasteiger partial charge in [-0.05, 0) is 12.8 Å². The first-order chi connectivity index (χ1) is 6.31. The highest BCUT2D eigenvalue weighted by Gasteiger charge is 1.98. The van der Waals surface area contributed by atoms with E-state index in [1.54, 1.807) is 0 Å². The second-order valence-electron chi connectivity index (χ2n) is 3.72. The standard InChI is InChI=1S/C11H25NO/c1-3-5-7-8-9-11-12(13)10-6-4-2/h13H,3-11H2,1-2H3. The molecule has 0 bridgehead atoms. The van der Waals surface area contributed by atoms with E-state index in [4.69, 9.17) is 0 Å². The molecule has 0 saturated heterocycles. The van der Waals surface area contributed by atoms with Crippen molar-refractivity contribution in [3.63, 3.8) is 0 Å². The third-order valence-corrected chi connectivity index (χ3v) is 2.29. The van der Waals surface area contributed by atoms with E-state index in [1.165, 1.54) is 30.7 Å². The van der Waals surface area contributed by atoms with E-state index in [9.17, 15) is 5.21 Å². The van der Waals surface area contributed by atoms with E-state index in [-0.39, 0.29) is 0 Å². The molecule has 0 spiro atoms. The van der Waals surface area contributed by atoms with Gasteiger partial charge in [0.2, 0.25) is 0 Å². The molecule has 0 aromatic heterocycles. The van der Waals surface area contributed by atoms with Crippen molar-refractivity contribution in [3.8, 4) is 0 Å². The first kappa shape index (κ1) is 12.9. The molecule has 0 aliphatic carbocycles. The van der Waals surface area contributed by atoms with E-state index < -0.39 is 0 Å². The highest BCUT2D eigenvalue weighted by atomic mass is 16.5. The molecule has 0 radical (unpaired) electrons. The van der Waals surface area contributed by atoms with Gasteiger partial charge in [0.25, 0.3) is 0 Å². The zero-order valence-electron chi connectivity index (χ0n) is 9.26. The Kier molecular flexibility index (Phi) is 9.94. The largest absolute Gasteiger partial charge is 0.314 e. The Balaban J connectivity index is 3.03. The summed E-state index contributed by atoms with van der Waals surface area (Å²) < 4.78 is 0. The van der Waals surface area contributed by atoms with E-state index in [0.29, 0.717) is 0 Å². The van der Waals surface area contributed by atoms with Crippen molar-refractivity contribution in [1.29, 1.82) is 0 Å². The van der Waals surface area contributed by atoms with Crippen molar-refractivity contribution >= 4 is 0 Å². The fourth-order valence-corrected chi connectivity index (χ4v) is 1.35. The minimum atomic E-state index is 0.838. The average molecular weight is 187 g/mol. The Labute approximate surface area is 82.9 Å². The molecule has 0 amide bonds. The molecule has 1 N–H and O–H groups in total. The molecule has 0 saturated carbocycles. The van der Waals surface area contributed by atoms with Crippen molar-refractivity contribution in [2.24, 2.45) is 0 Å². The second kappa shape index (κ2) is 10.0. The van der Waals surface area contributed by atoms with Crippen molar-refractivity contribution < 1.29 is 5.21 Å². The summed E-state index contributed by atoms with van der Waals surface area (Å²) in [5.41, 5.74) is 0. The molecule has 2 nitrogen and oxygen atoms in total. The zero-order chi connectivity index (χ0) is 9.94.